The van der Waals surface area contributed by atoms with Crippen molar-refractivity contribution in [3.8, 4) is 0 Å². The number of benzene rings is 1. The molecule has 3 N–H and O–H groups in total. The van der Waals surface area contributed by atoms with Crippen molar-refractivity contribution in [1.29, 1.82) is 0 Å². The molecule has 4 fully saturated rings. The monoisotopic (exact) mass is 361 g/mol. The highest BCUT2D eigenvalue weighted by molar-refractivity contribution is 6.30. The molecule has 4 bridgehead atoms. The summed E-state index contributed by atoms with van der Waals surface area (Å²) in [5, 5.41) is 6.42. The van der Waals surface area contributed by atoms with Crippen LogP contribution in [0.2, 0.25) is 5.02 Å². The molecule has 1 aromatic carbocycles. The molecule has 136 valence electrons. The number of amides is 1. The van der Waals surface area contributed by atoms with E-state index >= 15 is 0 Å². The number of hydrogen-bond donors (Lipinski definition) is 2. The van der Waals surface area contributed by atoms with Crippen molar-refractivity contribution in [2.75, 3.05) is 0 Å². The Morgan fingerprint density at radius 1 is 1.08 bits per heavy atom. The Bertz CT molecular complexity index is 607. The van der Waals surface area contributed by atoms with Crippen LogP contribution < -0.4 is 10.6 Å². The Morgan fingerprint density at radius 3 is 2.12 bits per heavy atom. The van der Waals surface area contributed by atoms with Gasteiger partial charge in [0.2, 0.25) is 0 Å². The molecule has 4 aliphatic carbocycles. The average molecular weight is 362 g/mol. The van der Waals surface area contributed by atoms with E-state index in [1.807, 2.05) is 31.2 Å². The van der Waals surface area contributed by atoms with Crippen LogP contribution >= 0.6 is 11.6 Å². The van der Waals surface area contributed by atoms with Crippen LogP contribution in [0.3, 0.4) is 0 Å². The SMILES string of the molecule is C[C@H]([NH2+][C@@H](C)c1ccc(Cl)cc1)C(=O)NC12CC3CC(CC(C3)C1)C2. The maximum absolute atomic E-state index is 12.9. The number of hydrogen-bond acceptors (Lipinski definition) is 1. The van der Waals surface area contributed by atoms with Crippen LogP contribution in [0.25, 0.3) is 0 Å². The third-order valence-corrected chi connectivity index (χ3v) is 7.07. The van der Waals surface area contributed by atoms with E-state index in [0.717, 1.165) is 22.8 Å². The van der Waals surface area contributed by atoms with Gasteiger partial charge in [-0.05, 0) is 82.3 Å². The van der Waals surface area contributed by atoms with E-state index < -0.39 is 0 Å². The zero-order valence-corrected chi connectivity index (χ0v) is 16.1. The molecule has 4 saturated carbocycles. The smallest absolute Gasteiger partial charge is 0.278 e. The molecule has 0 aromatic heterocycles. The molecule has 0 spiro atoms. The van der Waals surface area contributed by atoms with Gasteiger partial charge in [-0.25, -0.2) is 0 Å². The van der Waals surface area contributed by atoms with Crippen molar-refractivity contribution >= 4 is 17.5 Å². The maximum Gasteiger partial charge on any atom is 0.278 e. The molecule has 2 atom stereocenters. The van der Waals surface area contributed by atoms with Crippen molar-refractivity contribution in [3.05, 3.63) is 34.9 Å². The van der Waals surface area contributed by atoms with Crippen LogP contribution in [0, 0.1) is 17.8 Å². The van der Waals surface area contributed by atoms with Gasteiger partial charge < -0.3 is 10.6 Å². The van der Waals surface area contributed by atoms with Crippen LogP contribution in [0.1, 0.15) is 64.0 Å². The van der Waals surface area contributed by atoms with Crippen molar-refractivity contribution in [2.45, 2.75) is 70.0 Å². The Hall–Kier alpha value is -1.06. The summed E-state index contributed by atoms with van der Waals surface area (Å²) < 4.78 is 0. The highest BCUT2D eigenvalue weighted by Gasteiger charge is 2.51. The van der Waals surface area contributed by atoms with E-state index in [0.29, 0.717) is 0 Å². The lowest BCUT2D eigenvalue weighted by molar-refractivity contribution is -0.710. The van der Waals surface area contributed by atoms with Crippen LogP contribution in [0.5, 0.6) is 0 Å². The summed E-state index contributed by atoms with van der Waals surface area (Å²) in [4.78, 5) is 12.9. The molecule has 3 nitrogen and oxygen atoms in total. The number of nitrogens with two attached hydrogens (primary N) is 1. The quantitative estimate of drug-likeness (QED) is 0.829. The molecule has 5 rings (SSSR count). The third-order valence-electron chi connectivity index (χ3n) is 6.81. The molecule has 1 aromatic rings. The van der Waals surface area contributed by atoms with Crippen molar-refractivity contribution in [1.82, 2.24) is 5.32 Å². The van der Waals surface area contributed by atoms with Gasteiger partial charge in [0.1, 0.15) is 6.04 Å². The largest absolute Gasteiger partial charge is 0.345 e. The van der Waals surface area contributed by atoms with Crippen molar-refractivity contribution in [3.63, 3.8) is 0 Å². The number of nitrogens with one attached hydrogen (secondary N) is 1. The van der Waals surface area contributed by atoms with Gasteiger partial charge in [-0.2, -0.15) is 0 Å². The van der Waals surface area contributed by atoms with Crippen molar-refractivity contribution < 1.29 is 10.1 Å². The molecule has 0 radical (unpaired) electrons. The molecule has 0 heterocycles. The number of rotatable bonds is 5. The second-order valence-corrected chi connectivity index (χ2v) is 9.44. The second kappa shape index (κ2) is 6.59. The highest BCUT2D eigenvalue weighted by atomic mass is 35.5. The number of halogens is 1. The summed E-state index contributed by atoms with van der Waals surface area (Å²) in [5.74, 6) is 2.79. The molecule has 4 aliphatic rings. The lowest BCUT2D eigenvalue weighted by Gasteiger charge is -2.57. The molecule has 25 heavy (non-hydrogen) atoms. The first-order valence-electron chi connectivity index (χ1n) is 9.85. The maximum atomic E-state index is 12.9. The summed E-state index contributed by atoms with van der Waals surface area (Å²) in [6, 6.07) is 8.11. The van der Waals surface area contributed by atoms with Crippen LogP contribution in [-0.2, 0) is 4.79 Å². The summed E-state index contributed by atoms with van der Waals surface area (Å²) >= 11 is 5.97. The molecule has 0 aliphatic heterocycles. The molecular formula is C21H30ClN2O+. The Labute approximate surface area is 155 Å². The minimum absolute atomic E-state index is 0.0707. The minimum atomic E-state index is -0.0707. The van der Waals surface area contributed by atoms with Gasteiger partial charge in [0, 0.05) is 16.1 Å². The van der Waals surface area contributed by atoms with Gasteiger partial charge in [-0.1, -0.05) is 23.7 Å². The molecular weight excluding hydrogens is 332 g/mol. The lowest BCUT2D eigenvalue weighted by Crippen LogP contribution is -2.92. The van der Waals surface area contributed by atoms with E-state index in [-0.39, 0.29) is 23.5 Å². The van der Waals surface area contributed by atoms with Gasteiger partial charge in [-0.15, -0.1) is 0 Å². The first-order chi connectivity index (χ1) is 11.9. The predicted molar refractivity (Wildman–Crippen MR) is 100 cm³/mol. The predicted octanol–water partition coefficient (Wildman–Crippen LogP) is 3.44. The molecule has 0 saturated heterocycles. The summed E-state index contributed by atoms with van der Waals surface area (Å²) in [5.41, 5.74) is 1.32. The summed E-state index contributed by atoms with van der Waals surface area (Å²) in [7, 11) is 0. The van der Waals surface area contributed by atoms with Crippen molar-refractivity contribution in [2.24, 2.45) is 17.8 Å². The van der Waals surface area contributed by atoms with Crippen LogP contribution in [-0.4, -0.2) is 17.5 Å². The standard InChI is InChI=1S/C21H29ClN2O/c1-13(18-3-5-19(22)6-4-18)23-14(2)20(25)24-21-10-15-7-16(11-21)9-17(8-15)12-21/h3-6,13-17,23H,7-12H2,1-2H3,(H,24,25)/p+1/t13-,14-,15?,16?,17?,21?/m0/s1. The highest BCUT2D eigenvalue weighted by Crippen LogP contribution is 2.55. The van der Waals surface area contributed by atoms with E-state index in [4.69, 9.17) is 11.6 Å². The van der Waals surface area contributed by atoms with E-state index in [1.165, 1.54) is 44.1 Å². The normalized spacial score (nSPS) is 35.4. The summed E-state index contributed by atoms with van der Waals surface area (Å²) in [6.07, 6.45) is 7.86. The zero-order valence-electron chi connectivity index (χ0n) is 15.3. The van der Waals surface area contributed by atoms with Gasteiger partial charge in [-0.3, -0.25) is 4.79 Å². The van der Waals surface area contributed by atoms with Crippen LogP contribution in [0.15, 0.2) is 24.3 Å². The number of quaternary nitrogens is 1. The molecule has 4 heteroatoms. The van der Waals surface area contributed by atoms with Gasteiger partial charge >= 0.3 is 0 Å². The Balaban J connectivity index is 1.37. The Kier molecular flexibility index (Phi) is 4.57. The topological polar surface area (TPSA) is 45.7 Å². The molecule has 0 unspecified atom stereocenters. The Morgan fingerprint density at radius 2 is 1.60 bits per heavy atom. The zero-order chi connectivity index (χ0) is 17.6. The number of carbonyl (C=O) groups excluding carboxylic acids is 1. The van der Waals surface area contributed by atoms with Gasteiger partial charge in [0.05, 0.1) is 0 Å². The first-order valence-corrected chi connectivity index (χ1v) is 10.2. The fourth-order valence-corrected chi connectivity index (χ4v) is 6.16. The summed E-state index contributed by atoms with van der Waals surface area (Å²) in [6.45, 7) is 4.18. The second-order valence-electron chi connectivity index (χ2n) is 9.01. The van der Waals surface area contributed by atoms with E-state index in [9.17, 15) is 4.79 Å². The third kappa shape index (κ3) is 3.59. The van der Waals surface area contributed by atoms with Crippen LogP contribution in [0.4, 0.5) is 0 Å². The van der Waals surface area contributed by atoms with E-state index in [1.54, 1.807) is 0 Å². The first kappa shape index (κ1) is 17.4. The molecule has 1 amide bonds. The fourth-order valence-electron chi connectivity index (χ4n) is 6.04. The fraction of sp³-hybridized carbons (Fsp3) is 0.667. The van der Waals surface area contributed by atoms with Gasteiger partial charge in [0.15, 0.2) is 6.04 Å². The number of carbonyl (C=O) groups is 1. The van der Waals surface area contributed by atoms with Gasteiger partial charge in [0.25, 0.3) is 5.91 Å². The van der Waals surface area contributed by atoms with E-state index in [2.05, 4.69) is 17.6 Å². The average Bonchev–Trinajstić information content (AvgIpc) is 2.53. The lowest BCUT2D eigenvalue weighted by atomic mass is 9.53. The minimum Gasteiger partial charge on any atom is -0.345 e.